The van der Waals surface area contributed by atoms with E-state index in [0.717, 1.165) is 16.8 Å². The Labute approximate surface area is 191 Å². The third-order valence-electron chi connectivity index (χ3n) is 5.47. The molecule has 0 aliphatic carbocycles. The average molecular weight is 450 g/mol. The van der Waals surface area contributed by atoms with E-state index in [-0.39, 0.29) is 31.3 Å². The third kappa shape index (κ3) is 5.88. The number of ether oxygens (including phenoxy) is 1. The third-order valence-corrected chi connectivity index (χ3v) is 5.47. The smallest absolute Gasteiger partial charge is 0.323 e. The fourth-order valence-corrected chi connectivity index (χ4v) is 3.85. The summed E-state index contributed by atoms with van der Waals surface area (Å²) < 4.78 is 5.84. The second-order valence-electron chi connectivity index (χ2n) is 8.06. The molecule has 2 aliphatic heterocycles. The van der Waals surface area contributed by atoms with Gasteiger partial charge in [0, 0.05) is 25.1 Å². The number of amides is 2. The highest BCUT2D eigenvalue weighted by Crippen LogP contribution is 2.30. The van der Waals surface area contributed by atoms with Crippen molar-refractivity contribution in [1.82, 2.24) is 15.1 Å². The number of unbranched alkanes of at least 4 members (excludes halogenated alkanes) is 1. The zero-order chi connectivity index (χ0) is 23.2. The molecule has 1 saturated heterocycles. The number of benzene rings is 2. The monoisotopic (exact) mass is 450 g/mol. The molecule has 2 aliphatic rings. The highest BCUT2D eigenvalue weighted by molar-refractivity contribution is 6.05. The standard InChI is InChI=1S/C24H26N4O5/c29-21-15-28-14-18-12-19(9-10-20(18)25-24(28)26-21)33-11-5-4-8-22(30)27(16-23(31)32)13-17-6-2-1-3-7-17/h1-3,6-7,9-10,12H,4-5,8,11,13-16H2,(H,31,32)(H,25,26,29). The summed E-state index contributed by atoms with van der Waals surface area (Å²) in [6.07, 6.45) is 1.53. The van der Waals surface area contributed by atoms with Crippen LogP contribution in [0, 0.1) is 0 Å². The van der Waals surface area contributed by atoms with Gasteiger partial charge < -0.3 is 19.6 Å². The lowest BCUT2D eigenvalue weighted by Gasteiger charge is -2.23. The molecule has 4 rings (SSSR count). The van der Waals surface area contributed by atoms with Gasteiger partial charge in [-0.25, -0.2) is 4.99 Å². The van der Waals surface area contributed by atoms with Crippen molar-refractivity contribution in [2.75, 3.05) is 19.7 Å². The van der Waals surface area contributed by atoms with Crippen LogP contribution in [0.5, 0.6) is 5.75 Å². The van der Waals surface area contributed by atoms with Crippen LogP contribution in [-0.4, -0.2) is 58.3 Å². The number of guanidine groups is 1. The number of aliphatic carboxylic acids is 1. The summed E-state index contributed by atoms with van der Waals surface area (Å²) in [6, 6.07) is 15.0. The van der Waals surface area contributed by atoms with E-state index in [4.69, 9.17) is 9.84 Å². The van der Waals surface area contributed by atoms with Crippen LogP contribution in [0.1, 0.15) is 30.4 Å². The molecule has 2 aromatic rings. The molecule has 33 heavy (non-hydrogen) atoms. The summed E-state index contributed by atoms with van der Waals surface area (Å²) in [4.78, 5) is 43.0. The van der Waals surface area contributed by atoms with E-state index in [1.165, 1.54) is 4.90 Å². The number of nitrogens with zero attached hydrogens (tertiary/aromatic N) is 3. The molecular weight excluding hydrogens is 424 g/mol. The van der Waals surface area contributed by atoms with Crippen molar-refractivity contribution in [1.29, 1.82) is 0 Å². The van der Waals surface area contributed by atoms with Gasteiger partial charge in [0.2, 0.25) is 17.8 Å². The first-order valence-electron chi connectivity index (χ1n) is 10.9. The molecule has 0 bridgehead atoms. The summed E-state index contributed by atoms with van der Waals surface area (Å²) in [6.45, 7) is 1.31. The minimum atomic E-state index is -1.03. The predicted octanol–water partition coefficient (Wildman–Crippen LogP) is 2.28. The number of hydrogen-bond acceptors (Lipinski definition) is 6. The maximum absolute atomic E-state index is 12.6. The Bertz CT molecular complexity index is 1070. The Morgan fingerprint density at radius 3 is 2.73 bits per heavy atom. The Morgan fingerprint density at radius 2 is 1.94 bits per heavy atom. The van der Waals surface area contributed by atoms with Crippen LogP contribution in [0.15, 0.2) is 53.5 Å². The first-order chi connectivity index (χ1) is 16.0. The topological polar surface area (TPSA) is 112 Å². The Morgan fingerprint density at radius 1 is 1.12 bits per heavy atom. The van der Waals surface area contributed by atoms with Gasteiger partial charge in [-0.3, -0.25) is 19.7 Å². The number of nitrogens with one attached hydrogen (secondary N) is 1. The first kappa shape index (κ1) is 22.3. The van der Waals surface area contributed by atoms with Crippen LogP contribution < -0.4 is 10.1 Å². The number of carbonyl (C=O) groups excluding carboxylic acids is 2. The fourth-order valence-electron chi connectivity index (χ4n) is 3.85. The van der Waals surface area contributed by atoms with Gasteiger partial charge in [0.05, 0.1) is 12.3 Å². The van der Waals surface area contributed by atoms with Crippen LogP contribution in [0.3, 0.4) is 0 Å². The minimum Gasteiger partial charge on any atom is -0.494 e. The van der Waals surface area contributed by atoms with Crippen LogP contribution in [0.4, 0.5) is 5.69 Å². The minimum absolute atomic E-state index is 0.0572. The number of rotatable bonds is 10. The average Bonchev–Trinajstić information content (AvgIpc) is 3.15. The van der Waals surface area contributed by atoms with Crippen LogP contribution in [0.2, 0.25) is 0 Å². The van der Waals surface area contributed by atoms with E-state index in [0.29, 0.717) is 44.2 Å². The molecule has 0 saturated carbocycles. The van der Waals surface area contributed by atoms with Crippen molar-refractivity contribution in [3.63, 3.8) is 0 Å². The maximum Gasteiger partial charge on any atom is 0.323 e. The first-order valence-corrected chi connectivity index (χ1v) is 10.9. The number of aliphatic imine (C=N–C) groups is 1. The lowest BCUT2D eigenvalue weighted by Crippen LogP contribution is -2.35. The molecule has 0 radical (unpaired) electrons. The van der Waals surface area contributed by atoms with E-state index < -0.39 is 5.97 Å². The predicted molar refractivity (Wildman–Crippen MR) is 121 cm³/mol. The van der Waals surface area contributed by atoms with Gasteiger partial charge in [-0.2, -0.15) is 0 Å². The molecular formula is C24H26N4O5. The summed E-state index contributed by atoms with van der Waals surface area (Å²) >= 11 is 0. The Hall–Kier alpha value is -3.88. The van der Waals surface area contributed by atoms with Gasteiger partial charge in [0.1, 0.15) is 18.8 Å². The molecule has 1 fully saturated rings. The van der Waals surface area contributed by atoms with Gasteiger partial charge in [0.25, 0.3) is 0 Å². The van der Waals surface area contributed by atoms with Gasteiger partial charge in [0.15, 0.2) is 0 Å². The number of hydrogen-bond donors (Lipinski definition) is 2. The molecule has 2 amide bonds. The molecule has 172 valence electrons. The van der Waals surface area contributed by atoms with Crippen molar-refractivity contribution >= 4 is 29.4 Å². The van der Waals surface area contributed by atoms with Crippen molar-refractivity contribution in [3.05, 3.63) is 59.7 Å². The molecule has 0 atom stereocenters. The van der Waals surface area contributed by atoms with Crippen LogP contribution in [-0.2, 0) is 27.5 Å². The maximum atomic E-state index is 12.6. The zero-order valence-corrected chi connectivity index (χ0v) is 18.2. The lowest BCUT2D eigenvalue weighted by molar-refractivity contribution is -0.145. The van der Waals surface area contributed by atoms with Crippen molar-refractivity contribution in [3.8, 4) is 5.75 Å². The molecule has 2 aromatic carbocycles. The number of fused-ring (bicyclic) bond motifs is 2. The number of carbonyl (C=O) groups is 3. The Kier molecular flexibility index (Phi) is 6.87. The zero-order valence-electron chi connectivity index (χ0n) is 18.2. The highest BCUT2D eigenvalue weighted by atomic mass is 16.5. The second kappa shape index (κ2) is 10.2. The Balaban J connectivity index is 1.23. The second-order valence-corrected chi connectivity index (χ2v) is 8.06. The quantitative estimate of drug-likeness (QED) is 0.537. The molecule has 0 spiro atoms. The summed E-state index contributed by atoms with van der Waals surface area (Å²) in [5, 5.41) is 11.9. The summed E-state index contributed by atoms with van der Waals surface area (Å²) in [5.74, 6) is 0.0418. The van der Waals surface area contributed by atoms with Gasteiger partial charge in [-0.05, 0) is 36.6 Å². The van der Waals surface area contributed by atoms with Crippen LogP contribution >= 0.6 is 0 Å². The van der Waals surface area contributed by atoms with Crippen LogP contribution in [0.25, 0.3) is 0 Å². The number of carboxylic acids is 1. The fraction of sp³-hybridized carbons (Fsp3) is 0.333. The van der Waals surface area contributed by atoms with Gasteiger partial charge in [-0.1, -0.05) is 30.3 Å². The largest absolute Gasteiger partial charge is 0.494 e. The molecule has 2 heterocycles. The van der Waals surface area contributed by atoms with Crippen molar-refractivity contribution in [2.24, 2.45) is 4.99 Å². The van der Waals surface area contributed by atoms with E-state index >= 15 is 0 Å². The molecule has 9 nitrogen and oxygen atoms in total. The van der Waals surface area contributed by atoms with Gasteiger partial charge >= 0.3 is 5.97 Å². The van der Waals surface area contributed by atoms with Crippen molar-refractivity contribution < 1.29 is 24.2 Å². The van der Waals surface area contributed by atoms with E-state index in [2.05, 4.69) is 10.3 Å². The molecule has 9 heteroatoms. The molecule has 2 N–H and O–H groups in total. The summed E-state index contributed by atoms with van der Waals surface area (Å²) in [7, 11) is 0. The van der Waals surface area contributed by atoms with E-state index in [1.807, 2.05) is 53.4 Å². The highest BCUT2D eigenvalue weighted by Gasteiger charge is 2.29. The molecule has 0 unspecified atom stereocenters. The van der Waals surface area contributed by atoms with E-state index in [1.54, 1.807) is 0 Å². The van der Waals surface area contributed by atoms with E-state index in [9.17, 15) is 14.4 Å². The lowest BCUT2D eigenvalue weighted by atomic mass is 10.1. The molecule has 0 aromatic heterocycles. The SMILES string of the molecule is O=C(O)CN(Cc1ccccc1)C(=O)CCCCOc1ccc2c(c1)CN1CC(=O)NC1=N2. The summed E-state index contributed by atoms with van der Waals surface area (Å²) in [5.41, 5.74) is 2.71. The normalized spacial score (nSPS) is 14.1. The van der Waals surface area contributed by atoms with Gasteiger partial charge in [-0.15, -0.1) is 0 Å². The number of carboxylic acid groups (broad SMARTS) is 1. The van der Waals surface area contributed by atoms with Crippen molar-refractivity contribution in [2.45, 2.75) is 32.4 Å².